The van der Waals surface area contributed by atoms with Crippen LogP contribution in [0.1, 0.15) is 35.4 Å². The zero-order valence-corrected chi connectivity index (χ0v) is 21.2. The zero-order chi connectivity index (χ0) is 25.1. The van der Waals surface area contributed by atoms with E-state index in [-0.39, 0.29) is 11.7 Å². The van der Waals surface area contributed by atoms with E-state index in [0.29, 0.717) is 19.8 Å². The Balaban J connectivity index is 1.51. The predicted octanol–water partition coefficient (Wildman–Crippen LogP) is 4.22. The molecule has 2 N–H and O–H groups in total. The number of morpholine rings is 1. The smallest absolute Gasteiger partial charge is 0.148 e. The third kappa shape index (κ3) is 5.15. The Bertz CT molecular complexity index is 1230. The summed E-state index contributed by atoms with van der Waals surface area (Å²) in [6, 6.07) is 9.52. The number of fused-ring (bicyclic) bond motifs is 1. The molecule has 5 rings (SSSR count). The van der Waals surface area contributed by atoms with Crippen LogP contribution in [0.5, 0.6) is 0 Å². The summed E-state index contributed by atoms with van der Waals surface area (Å²) in [5, 5.41) is 6.97. The van der Waals surface area contributed by atoms with Crippen molar-refractivity contribution in [1.29, 1.82) is 0 Å². The molecule has 0 aliphatic carbocycles. The monoisotopic (exact) mass is 490 g/mol. The van der Waals surface area contributed by atoms with E-state index in [4.69, 9.17) is 14.7 Å². The molecule has 2 saturated heterocycles. The number of piperidine rings is 1. The van der Waals surface area contributed by atoms with Crippen molar-refractivity contribution in [3.05, 3.63) is 65.6 Å². The van der Waals surface area contributed by atoms with Crippen LogP contribution in [0, 0.1) is 5.82 Å². The molecule has 3 heterocycles. The van der Waals surface area contributed by atoms with Crippen LogP contribution in [0.3, 0.4) is 0 Å². The number of benzene rings is 2. The Morgan fingerprint density at radius 3 is 2.75 bits per heavy atom. The fourth-order valence-electron chi connectivity index (χ4n) is 5.10. The molecule has 2 aliphatic rings. The van der Waals surface area contributed by atoms with Crippen LogP contribution in [0.2, 0.25) is 0 Å². The van der Waals surface area contributed by atoms with Crippen molar-refractivity contribution in [1.82, 2.24) is 20.2 Å². The maximum Gasteiger partial charge on any atom is 0.148 e. The number of nitrogens with one attached hydrogen (secondary N) is 2. The minimum atomic E-state index is -0.116. The molecule has 0 radical (unpaired) electrons. The molecule has 0 spiro atoms. The van der Waals surface area contributed by atoms with Crippen molar-refractivity contribution in [2.24, 2.45) is 0 Å². The number of nitrogens with zero attached hydrogens (tertiary/aromatic N) is 4. The number of halogens is 1. The van der Waals surface area contributed by atoms with Gasteiger partial charge in [0.05, 0.1) is 30.6 Å². The quantitative estimate of drug-likeness (QED) is 0.514. The fraction of sp³-hybridized carbons (Fsp3) is 0.429. The molecule has 0 saturated carbocycles. The molecular weight excluding hydrogens is 455 g/mol. The molecule has 7 nitrogen and oxygen atoms in total. The second-order valence-corrected chi connectivity index (χ2v) is 9.75. The molecule has 190 valence electrons. The lowest BCUT2D eigenvalue weighted by molar-refractivity contribution is 0.122. The van der Waals surface area contributed by atoms with Crippen LogP contribution < -0.4 is 15.5 Å². The van der Waals surface area contributed by atoms with Gasteiger partial charge in [-0.2, -0.15) is 0 Å². The minimum absolute atomic E-state index is 0.116. The number of rotatable bonds is 7. The largest absolute Gasteiger partial charge is 0.379 e. The first kappa shape index (κ1) is 24.5. The van der Waals surface area contributed by atoms with E-state index in [9.17, 15) is 0 Å². The second-order valence-electron chi connectivity index (χ2n) is 9.75. The van der Waals surface area contributed by atoms with Gasteiger partial charge in [-0.1, -0.05) is 18.7 Å². The van der Waals surface area contributed by atoms with Gasteiger partial charge in [-0.15, -0.1) is 0 Å². The summed E-state index contributed by atoms with van der Waals surface area (Å²) < 4.78 is 20.5. The maximum atomic E-state index is 15.0. The van der Waals surface area contributed by atoms with Gasteiger partial charge in [-0.05, 0) is 61.2 Å². The van der Waals surface area contributed by atoms with Gasteiger partial charge in [0.15, 0.2) is 0 Å². The summed E-state index contributed by atoms with van der Waals surface area (Å²) in [6.07, 6.45) is 3.73. The minimum Gasteiger partial charge on any atom is -0.379 e. The zero-order valence-electron chi connectivity index (χ0n) is 21.2. The van der Waals surface area contributed by atoms with Crippen molar-refractivity contribution >= 4 is 28.2 Å². The molecule has 1 aromatic heterocycles. The highest BCUT2D eigenvalue weighted by Gasteiger charge is 2.22. The van der Waals surface area contributed by atoms with Crippen molar-refractivity contribution in [2.45, 2.75) is 25.3 Å². The Hall–Kier alpha value is -3.23. The van der Waals surface area contributed by atoms with Crippen molar-refractivity contribution in [3.63, 3.8) is 0 Å². The number of aromatic nitrogens is 2. The van der Waals surface area contributed by atoms with Crippen LogP contribution in [-0.2, 0) is 11.3 Å². The summed E-state index contributed by atoms with van der Waals surface area (Å²) in [5.74, 6) is 0.956. The molecule has 2 aliphatic heterocycles. The molecule has 0 bridgehead atoms. The van der Waals surface area contributed by atoms with E-state index >= 15 is 4.39 Å². The van der Waals surface area contributed by atoms with Crippen LogP contribution in [0.25, 0.3) is 16.7 Å². The van der Waals surface area contributed by atoms with Gasteiger partial charge in [0, 0.05) is 45.0 Å². The molecule has 2 aromatic carbocycles. The van der Waals surface area contributed by atoms with Gasteiger partial charge < -0.3 is 25.2 Å². The van der Waals surface area contributed by atoms with Gasteiger partial charge in [-0.3, -0.25) is 4.98 Å². The lowest BCUT2D eigenvalue weighted by Crippen LogP contribution is -2.36. The predicted molar refractivity (Wildman–Crippen MR) is 144 cm³/mol. The number of ether oxygens (including phenoxy) is 1. The summed E-state index contributed by atoms with van der Waals surface area (Å²) in [4.78, 5) is 14.0. The molecule has 8 heteroatoms. The first-order chi connectivity index (χ1) is 17.5. The van der Waals surface area contributed by atoms with E-state index in [1.807, 2.05) is 37.3 Å². The lowest BCUT2D eigenvalue weighted by Gasteiger charge is -2.28. The lowest BCUT2D eigenvalue weighted by atomic mass is 9.86. The van der Waals surface area contributed by atoms with Crippen molar-refractivity contribution in [2.75, 3.05) is 63.7 Å². The van der Waals surface area contributed by atoms with Crippen LogP contribution in [0.4, 0.5) is 15.9 Å². The molecule has 0 atom stereocenters. The van der Waals surface area contributed by atoms with Crippen LogP contribution in [-0.4, -0.2) is 68.4 Å². The average Bonchev–Trinajstić information content (AvgIpc) is 2.91. The SMILES string of the molecule is C=C(c1cc(NCc2cccc(F)c2C2CCNCC2)c2nc(N3CCOCC3)cnc2c1)N(C)C. The third-order valence-corrected chi connectivity index (χ3v) is 7.20. The fourth-order valence-corrected chi connectivity index (χ4v) is 5.10. The summed E-state index contributed by atoms with van der Waals surface area (Å²) in [5.41, 5.74) is 6.16. The average molecular weight is 491 g/mol. The summed E-state index contributed by atoms with van der Waals surface area (Å²) >= 11 is 0. The highest BCUT2D eigenvalue weighted by Crippen LogP contribution is 2.33. The van der Waals surface area contributed by atoms with E-state index in [1.54, 1.807) is 12.1 Å². The second kappa shape index (κ2) is 10.8. The number of hydrogen-bond donors (Lipinski definition) is 2. The third-order valence-electron chi connectivity index (χ3n) is 7.20. The standard InChI is InChI=1S/C28H35FN6O/c1-19(34(2)3)22-15-24(28-25(16-22)32-18-26(33-28)35-11-13-36-14-12-35)31-17-21-5-4-6-23(29)27(21)20-7-9-30-10-8-20/h4-6,15-16,18,20,30-31H,1,7-14,17H2,2-3H3. The number of hydrogen-bond acceptors (Lipinski definition) is 7. The molecule has 36 heavy (non-hydrogen) atoms. The van der Waals surface area contributed by atoms with Crippen LogP contribution >= 0.6 is 0 Å². The van der Waals surface area contributed by atoms with E-state index in [0.717, 1.165) is 83.9 Å². The molecular formula is C28H35FN6O. The van der Waals surface area contributed by atoms with Gasteiger partial charge in [-0.25, -0.2) is 9.37 Å². The Morgan fingerprint density at radius 1 is 1.22 bits per heavy atom. The highest BCUT2D eigenvalue weighted by molar-refractivity contribution is 5.92. The summed E-state index contributed by atoms with van der Waals surface area (Å²) in [7, 11) is 3.95. The Labute approximate surface area is 212 Å². The first-order valence-corrected chi connectivity index (χ1v) is 12.7. The van der Waals surface area contributed by atoms with E-state index in [2.05, 4.69) is 28.2 Å². The van der Waals surface area contributed by atoms with E-state index < -0.39 is 0 Å². The number of anilines is 2. The van der Waals surface area contributed by atoms with Gasteiger partial charge >= 0.3 is 0 Å². The molecule has 2 fully saturated rings. The van der Waals surface area contributed by atoms with Crippen LogP contribution in [0.15, 0.2) is 43.1 Å². The molecule has 3 aromatic rings. The first-order valence-electron chi connectivity index (χ1n) is 12.7. The molecule has 0 amide bonds. The van der Waals surface area contributed by atoms with Gasteiger partial charge in [0.1, 0.15) is 17.2 Å². The topological polar surface area (TPSA) is 65.5 Å². The van der Waals surface area contributed by atoms with Gasteiger partial charge in [0.25, 0.3) is 0 Å². The molecule has 0 unspecified atom stereocenters. The van der Waals surface area contributed by atoms with Crippen molar-refractivity contribution < 1.29 is 9.13 Å². The summed E-state index contributed by atoms with van der Waals surface area (Å²) in [6.45, 7) is 9.55. The maximum absolute atomic E-state index is 15.0. The van der Waals surface area contributed by atoms with E-state index in [1.165, 1.54) is 0 Å². The Kier molecular flexibility index (Phi) is 7.34. The van der Waals surface area contributed by atoms with Crippen molar-refractivity contribution in [3.8, 4) is 0 Å². The highest BCUT2D eigenvalue weighted by atomic mass is 19.1. The normalized spacial score (nSPS) is 16.8. The van der Waals surface area contributed by atoms with Gasteiger partial charge in [0.2, 0.25) is 0 Å². The Morgan fingerprint density at radius 2 is 2.00 bits per heavy atom.